The molecule has 7 heteroatoms. The summed E-state index contributed by atoms with van der Waals surface area (Å²) >= 11 is 0. The minimum absolute atomic E-state index is 0.211. The summed E-state index contributed by atoms with van der Waals surface area (Å²) in [6.45, 7) is 4.13. The first-order valence-electron chi connectivity index (χ1n) is 9.14. The Morgan fingerprint density at radius 3 is 2.07 bits per heavy atom. The van der Waals surface area contributed by atoms with Gasteiger partial charge in [-0.25, -0.2) is 0 Å². The molecule has 1 aliphatic heterocycles. The number of aliphatic hydroxyl groups is 1. The zero-order chi connectivity index (χ0) is 20.4. The van der Waals surface area contributed by atoms with Crippen molar-refractivity contribution in [1.82, 2.24) is 9.80 Å². The molecule has 1 heterocycles. The van der Waals surface area contributed by atoms with E-state index in [-0.39, 0.29) is 11.5 Å². The summed E-state index contributed by atoms with van der Waals surface area (Å²) < 4.78 is 38.8. The first-order valence-corrected chi connectivity index (χ1v) is 9.14. The molecule has 1 aliphatic rings. The Balaban J connectivity index is 1.59. The molecule has 1 fully saturated rings. The van der Waals surface area contributed by atoms with Gasteiger partial charge in [-0.1, -0.05) is 42.5 Å². The van der Waals surface area contributed by atoms with Crippen molar-refractivity contribution in [3.63, 3.8) is 0 Å². The fraction of sp³-hybridized carbons (Fsp3) is 0.381. The average molecular weight is 392 g/mol. The van der Waals surface area contributed by atoms with Crippen LogP contribution in [-0.2, 0) is 12.1 Å². The molecule has 1 unspecified atom stereocenters. The van der Waals surface area contributed by atoms with Crippen LogP contribution in [0.5, 0.6) is 0 Å². The molecule has 1 N–H and O–H groups in total. The van der Waals surface area contributed by atoms with Crippen molar-refractivity contribution in [2.75, 3.05) is 26.2 Å². The van der Waals surface area contributed by atoms with Crippen molar-refractivity contribution in [3.05, 3.63) is 71.3 Å². The Kier molecular flexibility index (Phi) is 5.76. The largest absolute Gasteiger partial charge is 0.421 e. The number of nitrogens with zero attached hydrogens (tertiary/aromatic N) is 2. The van der Waals surface area contributed by atoms with Crippen LogP contribution in [0.4, 0.5) is 13.2 Å². The van der Waals surface area contributed by atoms with Crippen LogP contribution in [0.1, 0.15) is 28.4 Å². The molecule has 28 heavy (non-hydrogen) atoms. The van der Waals surface area contributed by atoms with E-state index in [0.29, 0.717) is 25.6 Å². The van der Waals surface area contributed by atoms with Crippen LogP contribution in [0.15, 0.2) is 54.6 Å². The topological polar surface area (TPSA) is 43.8 Å². The van der Waals surface area contributed by atoms with Crippen LogP contribution < -0.4 is 0 Å². The van der Waals surface area contributed by atoms with E-state index in [2.05, 4.69) is 17.0 Å². The van der Waals surface area contributed by atoms with E-state index in [9.17, 15) is 23.1 Å². The predicted octanol–water partition coefficient (Wildman–Crippen LogP) is 3.41. The number of amides is 1. The lowest BCUT2D eigenvalue weighted by Gasteiger charge is -2.35. The summed E-state index contributed by atoms with van der Waals surface area (Å²) in [5.41, 5.74) is -1.70. The summed E-state index contributed by atoms with van der Waals surface area (Å²) in [7, 11) is 0. The standard InChI is InChI=1S/C21H23F3N2O2/c1-20(28,21(22,23)24)18-9-7-17(8-10-18)19(27)26-13-11-25(12-14-26)15-16-5-3-2-4-6-16/h2-10,28H,11-15H2,1H3. The van der Waals surface area contributed by atoms with Gasteiger partial charge in [-0.3, -0.25) is 9.69 Å². The van der Waals surface area contributed by atoms with Gasteiger partial charge in [0.15, 0.2) is 5.60 Å². The van der Waals surface area contributed by atoms with Crippen LogP contribution in [0.2, 0.25) is 0 Å². The summed E-state index contributed by atoms with van der Waals surface area (Å²) in [5, 5.41) is 9.72. The third-order valence-electron chi connectivity index (χ3n) is 5.15. The SMILES string of the molecule is CC(O)(c1ccc(C(=O)N2CCN(Cc3ccccc3)CC2)cc1)C(F)(F)F. The maximum absolute atomic E-state index is 12.9. The third kappa shape index (κ3) is 4.36. The Bertz CT molecular complexity index is 797. The van der Waals surface area contributed by atoms with E-state index < -0.39 is 11.8 Å². The quantitative estimate of drug-likeness (QED) is 0.867. The molecule has 0 aliphatic carbocycles. The van der Waals surface area contributed by atoms with E-state index >= 15 is 0 Å². The van der Waals surface area contributed by atoms with Crippen LogP contribution in [0.25, 0.3) is 0 Å². The van der Waals surface area contributed by atoms with Crippen molar-refractivity contribution >= 4 is 5.91 Å². The number of alkyl halides is 3. The maximum atomic E-state index is 12.9. The molecule has 3 rings (SSSR count). The Morgan fingerprint density at radius 1 is 0.964 bits per heavy atom. The third-order valence-corrected chi connectivity index (χ3v) is 5.15. The Hall–Kier alpha value is -2.38. The minimum Gasteiger partial charge on any atom is -0.376 e. The lowest BCUT2D eigenvalue weighted by atomic mass is 9.94. The van der Waals surface area contributed by atoms with E-state index in [0.717, 1.165) is 31.8 Å². The smallest absolute Gasteiger partial charge is 0.376 e. The summed E-state index contributed by atoms with van der Waals surface area (Å²) in [6.07, 6.45) is -4.78. The number of carbonyl (C=O) groups excluding carboxylic acids is 1. The van der Waals surface area contributed by atoms with Crippen LogP contribution in [0.3, 0.4) is 0 Å². The van der Waals surface area contributed by atoms with Crippen molar-refractivity contribution < 1.29 is 23.1 Å². The average Bonchev–Trinajstić information content (AvgIpc) is 2.68. The van der Waals surface area contributed by atoms with Gasteiger partial charge in [0.05, 0.1) is 0 Å². The maximum Gasteiger partial charge on any atom is 0.421 e. The van der Waals surface area contributed by atoms with Crippen LogP contribution in [-0.4, -0.2) is 53.2 Å². The lowest BCUT2D eigenvalue weighted by Crippen LogP contribution is -2.48. The number of rotatable bonds is 4. The molecular formula is C21H23F3N2O2. The van der Waals surface area contributed by atoms with E-state index in [1.165, 1.54) is 17.7 Å². The highest BCUT2D eigenvalue weighted by Crippen LogP contribution is 2.38. The van der Waals surface area contributed by atoms with Crippen LogP contribution >= 0.6 is 0 Å². The Labute approximate surface area is 162 Å². The first kappa shape index (κ1) is 20.4. The van der Waals surface area contributed by atoms with Gasteiger partial charge in [0.1, 0.15) is 0 Å². The van der Waals surface area contributed by atoms with Gasteiger partial charge >= 0.3 is 6.18 Å². The minimum atomic E-state index is -4.78. The summed E-state index contributed by atoms with van der Waals surface area (Å²) in [4.78, 5) is 16.6. The van der Waals surface area contributed by atoms with Crippen molar-refractivity contribution in [3.8, 4) is 0 Å². The molecule has 0 aromatic heterocycles. The number of piperazine rings is 1. The molecule has 0 bridgehead atoms. The number of hydrogen-bond donors (Lipinski definition) is 1. The van der Waals surface area contributed by atoms with Gasteiger partial charge in [0, 0.05) is 38.3 Å². The molecular weight excluding hydrogens is 369 g/mol. The number of carbonyl (C=O) groups is 1. The fourth-order valence-corrected chi connectivity index (χ4v) is 3.23. The van der Waals surface area contributed by atoms with E-state index in [1.807, 2.05) is 18.2 Å². The second-order valence-electron chi connectivity index (χ2n) is 7.20. The second kappa shape index (κ2) is 7.93. The number of benzene rings is 2. The fourth-order valence-electron chi connectivity index (χ4n) is 3.23. The molecule has 0 spiro atoms. The molecule has 0 saturated carbocycles. The highest BCUT2D eigenvalue weighted by atomic mass is 19.4. The zero-order valence-corrected chi connectivity index (χ0v) is 15.6. The van der Waals surface area contributed by atoms with E-state index in [4.69, 9.17) is 0 Å². The van der Waals surface area contributed by atoms with E-state index in [1.54, 1.807) is 4.90 Å². The molecule has 1 amide bonds. The van der Waals surface area contributed by atoms with Gasteiger partial charge in [0.25, 0.3) is 5.91 Å². The summed E-state index contributed by atoms with van der Waals surface area (Å²) in [6, 6.07) is 15.1. The molecule has 0 radical (unpaired) electrons. The molecule has 1 saturated heterocycles. The zero-order valence-electron chi connectivity index (χ0n) is 15.6. The van der Waals surface area contributed by atoms with Gasteiger partial charge in [-0.15, -0.1) is 0 Å². The highest BCUT2D eigenvalue weighted by molar-refractivity contribution is 5.94. The number of halogens is 3. The van der Waals surface area contributed by atoms with Crippen molar-refractivity contribution in [1.29, 1.82) is 0 Å². The Morgan fingerprint density at radius 2 is 1.54 bits per heavy atom. The molecule has 1 atom stereocenters. The van der Waals surface area contributed by atoms with Gasteiger partial charge in [-0.05, 0) is 30.2 Å². The normalized spacial score (nSPS) is 18.0. The summed E-state index contributed by atoms with van der Waals surface area (Å²) in [5.74, 6) is -0.211. The molecule has 150 valence electrons. The molecule has 2 aromatic carbocycles. The second-order valence-corrected chi connectivity index (χ2v) is 7.20. The van der Waals surface area contributed by atoms with Gasteiger partial charge in [-0.2, -0.15) is 13.2 Å². The first-order chi connectivity index (χ1) is 13.2. The highest BCUT2D eigenvalue weighted by Gasteiger charge is 2.51. The number of hydrogen-bond acceptors (Lipinski definition) is 3. The van der Waals surface area contributed by atoms with Crippen molar-refractivity contribution in [2.24, 2.45) is 0 Å². The lowest BCUT2D eigenvalue weighted by molar-refractivity contribution is -0.258. The monoisotopic (exact) mass is 392 g/mol. The predicted molar refractivity (Wildman–Crippen MR) is 99.7 cm³/mol. The van der Waals surface area contributed by atoms with Crippen molar-refractivity contribution in [2.45, 2.75) is 25.2 Å². The van der Waals surface area contributed by atoms with Gasteiger partial charge < -0.3 is 10.0 Å². The van der Waals surface area contributed by atoms with Gasteiger partial charge in [0.2, 0.25) is 0 Å². The molecule has 2 aromatic rings. The van der Waals surface area contributed by atoms with Crippen LogP contribution in [0, 0.1) is 0 Å². The molecule has 4 nitrogen and oxygen atoms in total.